The Kier molecular flexibility index (Phi) is 6.23. The number of hydrogen-bond donors (Lipinski definition) is 2. The molecule has 0 saturated carbocycles. The molecule has 3 N–H and O–H groups in total. The fourth-order valence-corrected chi connectivity index (χ4v) is 3.35. The molecule has 2 rings (SSSR count). The first kappa shape index (κ1) is 16.0. The Morgan fingerprint density at radius 3 is 2.81 bits per heavy atom. The van der Waals surface area contributed by atoms with Crippen LogP contribution in [0.4, 0.5) is 11.6 Å². The number of rotatable bonds is 6. The summed E-state index contributed by atoms with van der Waals surface area (Å²) in [7, 11) is 0. The van der Waals surface area contributed by atoms with Crippen molar-refractivity contribution in [3.05, 3.63) is 11.9 Å². The van der Waals surface area contributed by atoms with Crippen molar-refractivity contribution < 1.29 is 0 Å². The average molecular weight is 291 g/mol. The smallest absolute Gasteiger partial charge is 0.148 e. The zero-order valence-corrected chi connectivity index (χ0v) is 13.4. The Hall–Kier alpha value is -1.36. The lowest BCUT2D eigenvalue weighted by Crippen LogP contribution is -2.27. The Morgan fingerprint density at radius 1 is 1.24 bits per heavy atom. The largest absolute Gasteiger partial charge is 0.356 e. The van der Waals surface area contributed by atoms with Crippen LogP contribution in [-0.2, 0) is 6.42 Å². The summed E-state index contributed by atoms with van der Waals surface area (Å²) in [5.41, 5.74) is 3.89. The highest BCUT2D eigenvalue weighted by Crippen LogP contribution is 2.29. The number of anilines is 2. The Balaban J connectivity index is 2.17. The second-order valence-electron chi connectivity index (χ2n) is 5.99. The molecule has 1 aliphatic heterocycles. The number of aromatic nitrogens is 2. The second kappa shape index (κ2) is 8.17. The minimum Gasteiger partial charge on any atom is -0.356 e. The molecule has 0 spiro atoms. The molecule has 0 amide bonds. The Morgan fingerprint density at radius 2 is 2.10 bits per heavy atom. The van der Waals surface area contributed by atoms with E-state index in [-0.39, 0.29) is 0 Å². The lowest BCUT2D eigenvalue weighted by Gasteiger charge is -2.25. The van der Waals surface area contributed by atoms with Crippen molar-refractivity contribution in [2.45, 2.75) is 58.8 Å². The molecule has 2 heterocycles. The molecule has 1 aromatic heterocycles. The molecule has 1 atom stereocenters. The van der Waals surface area contributed by atoms with E-state index >= 15 is 0 Å². The summed E-state index contributed by atoms with van der Waals surface area (Å²) in [6.07, 6.45) is 10.2. The van der Waals surface area contributed by atoms with Crippen LogP contribution in [-0.4, -0.2) is 23.1 Å². The fourth-order valence-electron chi connectivity index (χ4n) is 3.35. The van der Waals surface area contributed by atoms with Gasteiger partial charge in [0.05, 0.1) is 0 Å². The highest BCUT2D eigenvalue weighted by atomic mass is 15.3. The van der Waals surface area contributed by atoms with E-state index in [1.54, 1.807) is 6.33 Å². The van der Waals surface area contributed by atoms with Crippen LogP contribution in [0.1, 0.15) is 57.9 Å². The molecule has 0 bridgehead atoms. The molecule has 5 heteroatoms. The van der Waals surface area contributed by atoms with Crippen LogP contribution in [0.2, 0.25) is 0 Å². The molecule has 0 radical (unpaired) electrons. The lowest BCUT2D eigenvalue weighted by molar-refractivity contribution is 0.435. The van der Waals surface area contributed by atoms with Gasteiger partial charge >= 0.3 is 0 Å². The number of hydrazine groups is 1. The van der Waals surface area contributed by atoms with Gasteiger partial charge < -0.3 is 10.3 Å². The molecular formula is C16H29N5. The maximum Gasteiger partial charge on any atom is 0.148 e. The molecule has 0 aromatic carbocycles. The molecule has 1 aromatic rings. The van der Waals surface area contributed by atoms with Crippen LogP contribution >= 0.6 is 0 Å². The number of hydrogen-bond acceptors (Lipinski definition) is 5. The number of nitrogens with one attached hydrogen (secondary N) is 1. The molecule has 1 saturated heterocycles. The van der Waals surface area contributed by atoms with Gasteiger partial charge in [-0.3, -0.25) is 0 Å². The summed E-state index contributed by atoms with van der Waals surface area (Å²) in [6, 6.07) is 0. The van der Waals surface area contributed by atoms with Crippen molar-refractivity contribution in [3.63, 3.8) is 0 Å². The fraction of sp³-hybridized carbons (Fsp3) is 0.750. The minimum absolute atomic E-state index is 0.774. The van der Waals surface area contributed by atoms with Crippen molar-refractivity contribution in [2.75, 3.05) is 23.4 Å². The molecule has 1 fully saturated rings. The van der Waals surface area contributed by atoms with E-state index in [1.165, 1.54) is 32.1 Å². The van der Waals surface area contributed by atoms with Gasteiger partial charge in [-0.05, 0) is 31.6 Å². The maximum atomic E-state index is 5.61. The molecule has 5 nitrogen and oxygen atoms in total. The van der Waals surface area contributed by atoms with Gasteiger partial charge in [0.2, 0.25) is 0 Å². The van der Waals surface area contributed by atoms with Crippen LogP contribution in [0, 0.1) is 5.92 Å². The van der Waals surface area contributed by atoms with Crippen molar-refractivity contribution in [1.29, 1.82) is 0 Å². The zero-order valence-electron chi connectivity index (χ0n) is 13.4. The summed E-state index contributed by atoms with van der Waals surface area (Å²) < 4.78 is 0. The first-order valence-corrected chi connectivity index (χ1v) is 8.35. The summed E-state index contributed by atoms with van der Waals surface area (Å²) >= 11 is 0. The molecule has 1 aliphatic rings. The molecule has 21 heavy (non-hydrogen) atoms. The van der Waals surface area contributed by atoms with Crippen LogP contribution in [0.5, 0.6) is 0 Å². The Labute approximate surface area is 128 Å². The molecule has 0 aliphatic carbocycles. The quantitative estimate of drug-likeness (QED) is 0.622. The van der Waals surface area contributed by atoms with Gasteiger partial charge in [0.25, 0.3) is 0 Å². The third-order valence-electron chi connectivity index (χ3n) is 4.40. The zero-order chi connectivity index (χ0) is 15.1. The Bertz CT molecular complexity index is 435. The topological polar surface area (TPSA) is 67.1 Å². The van der Waals surface area contributed by atoms with E-state index in [0.717, 1.165) is 49.0 Å². The number of nitrogens with zero attached hydrogens (tertiary/aromatic N) is 3. The van der Waals surface area contributed by atoms with Gasteiger partial charge in [0, 0.05) is 18.7 Å². The van der Waals surface area contributed by atoms with Crippen molar-refractivity contribution in [1.82, 2.24) is 9.97 Å². The standard InChI is InChI=1S/C16H29N5/c1-3-6-13-8-5-10-21(11-9-13)16-14(7-4-2)15(20-17)18-12-19-16/h12-13H,3-11,17H2,1-2H3,(H,18,19,20). The summed E-state index contributed by atoms with van der Waals surface area (Å²) in [5, 5.41) is 0. The SMILES string of the molecule is CCCc1c(NN)ncnc1N1CCCC(CCC)CC1. The number of nitrogens with two attached hydrogens (primary N) is 1. The van der Waals surface area contributed by atoms with Gasteiger partial charge in [-0.25, -0.2) is 15.8 Å². The van der Waals surface area contributed by atoms with Crippen LogP contribution in [0.25, 0.3) is 0 Å². The highest BCUT2D eigenvalue weighted by molar-refractivity contribution is 5.58. The van der Waals surface area contributed by atoms with Gasteiger partial charge in [-0.2, -0.15) is 0 Å². The van der Waals surface area contributed by atoms with Gasteiger partial charge in [-0.15, -0.1) is 0 Å². The highest BCUT2D eigenvalue weighted by Gasteiger charge is 2.21. The van der Waals surface area contributed by atoms with Crippen LogP contribution in [0.3, 0.4) is 0 Å². The summed E-state index contributed by atoms with van der Waals surface area (Å²) in [6.45, 7) is 6.66. The van der Waals surface area contributed by atoms with Crippen LogP contribution < -0.4 is 16.2 Å². The first-order valence-electron chi connectivity index (χ1n) is 8.35. The third-order valence-corrected chi connectivity index (χ3v) is 4.40. The maximum absolute atomic E-state index is 5.61. The van der Waals surface area contributed by atoms with E-state index in [2.05, 4.69) is 34.1 Å². The van der Waals surface area contributed by atoms with E-state index in [0.29, 0.717) is 0 Å². The summed E-state index contributed by atoms with van der Waals surface area (Å²) in [4.78, 5) is 11.3. The lowest BCUT2D eigenvalue weighted by atomic mass is 9.96. The van der Waals surface area contributed by atoms with Crippen molar-refractivity contribution in [2.24, 2.45) is 11.8 Å². The second-order valence-corrected chi connectivity index (χ2v) is 5.99. The van der Waals surface area contributed by atoms with Gasteiger partial charge in [-0.1, -0.05) is 33.1 Å². The predicted molar refractivity (Wildman–Crippen MR) is 88.3 cm³/mol. The van der Waals surface area contributed by atoms with E-state index in [9.17, 15) is 0 Å². The van der Waals surface area contributed by atoms with Gasteiger partial charge in [0.1, 0.15) is 18.0 Å². The number of nitrogen functional groups attached to an aromatic ring is 1. The molecular weight excluding hydrogens is 262 g/mol. The van der Waals surface area contributed by atoms with E-state index < -0.39 is 0 Å². The minimum atomic E-state index is 0.774. The molecule has 1 unspecified atom stereocenters. The van der Waals surface area contributed by atoms with Crippen molar-refractivity contribution >= 4 is 11.6 Å². The van der Waals surface area contributed by atoms with E-state index in [1.807, 2.05) is 0 Å². The van der Waals surface area contributed by atoms with Crippen molar-refractivity contribution in [3.8, 4) is 0 Å². The third kappa shape index (κ3) is 4.06. The van der Waals surface area contributed by atoms with Crippen LogP contribution in [0.15, 0.2) is 6.33 Å². The normalized spacial score (nSPS) is 19.4. The van der Waals surface area contributed by atoms with Gasteiger partial charge in [0.15, 0.2) is 0 Å². The summed E-state index contributed by atoms with van der Waals surface area (Å²) in [5.74, 6) is 8.35. The monoisotopic (exact) mass is 291 g/mol. The average Bonchev–Trinajstić information content (AvgIpc) is 2.74. The molecule has 118 valence electrons. The van der Waals surface area contributed by atoms with E-state index in [4.69, 9.17) is 5.84 Å². The predicted octanol–water partition coefficient (Wildman–Crippen LogP) is 3.12. The first-order chi connectivity index (χ1) is 10.3.